The summed E-state index contributed by atoms with van der Waals surface area (Å²) in [6.07, 6.45) is 0. The predicted octanol–water partition coefficient (Wildman–Crippen LogP) is 4.88. The van der Waals surface area contributed by atoms with E-state index in [4.69, 9.17) is 9.47 Å². The molecule has 2 aliphatic rings. The number of aromatic hydroxyl groups is 1. The zero-order chi connectivity index (χ0) is 23.8. The molecule has 2 heterocycles. The number of esters is 1. The molecular formula is C27H19NO6. The highest BCUT2D eigenvalue weighted by Gasteiger charge is 2.54. The van der Waals surface area contributed by atoms with Crippen molar-refractivity contribution in [3.05, 3.63) is 94.5 Å². The molecule has 4 aromatic carbocycles. The number of hydrogen-bond donors (Lipinski definition) is 2. The molecule has 1 spiro atoms. The Morgan fingerprint density at radius 1 is 0.912 bits per heavy atom. The number of hydrogen-bond acceptors (Lipinski definition) is 6. The summed E-state index contributed by atoms with van der Waals surface area (Å²) in [7, 11) is 3.83. The van der Waals surface area contributed by atoms with E-state index in [9.17, 15) is 19.8 Å². The summed E-state index contributed by atoms with van der Waals surface area (Å²) in [5, 5.41) is 21.1. The van der Waals surface area contributed by atoms with Gasteiger partial charge in [-0.3, -0.25) is 0 Å². The average molecular weight is 453 g/mol. The summed E-state index contributed by atoms with van der Waals surface area (Å²) in [5.74, 6) is -0.519. The lowest BCUT2D eigenvalue weighted by molar-refractivity contribution is 0.0225. The summed E-state index contributed by atoms with van der Waals surface area (Å²) in [4.78, 5) is 26.8. The van der Waals surface area contributed by atoms with Crippen LogP contribution in [0.15, 0.2) is 66.7 Å². The molecule has 0 saturated heterocycles. The minimum absolute atomic E-state index is 0.0571. The molecule has 168 valence electrons. The smallest absolute Gasteiger partial charge is 0.340 e. The summed E-state index contributed by atoms with van der Waals surface area (Å²) in [6.45, 7) is 0. The Kier molecular flexibility index (Phi) is 3.99. The second-order valence-electron chi connectivity index (χ2n) is 8.66. The van der Waals surface area contributed by atoms with Crippen molar-refractivity contribution in [1.82, 2.24) is 0 Å². The van der Waals surface area contributed by atoms with E-state index in [1.165, 1.54) is 18.2 Å². The highest BCUT2D eigenvalue weighted by molar-refractivity contribution is 6.00. The van der Waals surface area contributed by atoms with Crippen molar-refractivity contribution in [3.8, 4) is 17.2 Å². The maximum absolute atomic E-state index is 13.1. The lowest BCUT2D eigenvalue weighted by Crippen LogP contribution is -2.33. The fraction of sp³-hybridized carbons (Fsp3) is 0.111. The van der Waals surface area contributed by atoms with Crippen LogP contribution >= 0.6 is 0 Å². The van der Waals surface area contributed by atoms with Crippen molar-refractivity contribution in [2.24, 2.45) is 0 Å². The van der Waals surface area contributed by atoms with E-state index in [-0.39, 0.29) is 11.3 Å². The molecule has 0 aliphatic carbocycles. The van der Waals surface area contributed by atoms with Crippen LogP contribution in [0.1, 0.15) is 37.4 Å². The molecule has 7 heteroatoms. The Morgan fingerprint density at radius 3 is 2.47 bits per heavy atom. The quantitative estimate of drug-likeness (QED) is 0.418. The third-order valence-corrected chi connectivity index (χ3v) is 6.52. The lowest BCUT2D eigenvalue weighted by atomic mass is 9.76. The van der Waals surface area contributed by atoms with Crippen molar-refractivity contribution in [2.75, 3.05) is 19.0 Å². The molecule has 0 aromatic heterocycles. The van der Waals surface area contributed by atoms with Crippen LogP contribution in [0.2, 0.25) is 0 Å². The average Bonchev–Trinajstić information content (AvgIpc) is 3.10. The van der Waals surface area contributed by atoms with E-state index in [0.717, 1.165) is 16.5 Å². The minimum Gasteiger partial charge on any atom is -0.508 e. The van der Waals surface area contributed by atoms with E-state index in [1.54, 1.807) is 24.3 Å². The van der Waals surface area contributed by atoms with E-state index in [2.05, 4.69) is 0 Å². The van der Waals surface area contributed by atoms with E-state index >= 15 is 0 Å². The van der Waals surface area contributed by atoms with Crippen LogP contribution in [-0.4, -0.2) is 36.2 Å². The molecule has 2 N–H and O–H groups in total. The third-order valence-electron chi connectivity index (χ3n) is 6.52. The molecule has 0 radical (unpaired) electrons. The second kappa shape index (κ2) is 6.74. The Hall–Kier alpha value is -4.52. The normalized spacial score (nSPS) is 17.5. The number of fused-ring (bicyclic) bond motifs is 8. The van der Waals surface area contributed by atoms with Gasteiger partial charge in [-0.15, -0.1) is 0 Å². The lowest BCUT2D eigenvalue weighted by Gasteiger charge is -2.37. The van der Waals surface area contributed by atoms with Gasteiger partial charge in [-0.2, -0.15) is 0 Å². The highest BCUT2D eigenvalue weighted by atomic mass is 16.6. The first-order valence-electron chi connectivity index (χ1n) is 10.7. The molecule has 6 rings (SSSR count). The molecule has 0 saturated carbocycles. The van der Waals surface area contributed by atoms with Crippen molar-refractivity contribution in [2.45, 2.75) is 5.60 Å². The van der Waals surface area contributed by atoms with Gasteiger partial charge < -0.3 is 24.6 Å². The molecule has 0 bridgehead atoms. The number of ether oxygens (including phenoxy) is 2. The zero-order valence-corrected chi connectivity index (χ0v) is 18.3. The molecule has 1 unspecified atom stereocenters. The van der Waals surface area contributed by atoms with Crippen LogP contribution in [0.3, 0.4) is 0 Å². The topological polar surface area (TPSA) is 96.3 Å². The Bertz CT molecular complexity index is 1560. The van der Waals surface area contributed by atoms with Gasteiger partial charge in [-0.25, -0.2) is 9.59 Å². The molecule has 34 heavy (non-hydrogen) atoms. The number of rotatable bonds is 2. The van der Waals surface area contributed by atoms with Crippen molar-refractivity contribution < 1.29 is 29.3 Å². The molecule has 0 amide bonds. The van der Waals surface area contributed by atoms with E-state index < -0.39 is 17.5 Å². The number of carbonyl (C=O) groups is 2. The number of aromatic carboxylic acids is 1. The highest BCUT2D eigenvalue weighted by Crippen LogP contribution is 2.58. The van der Waals surface area contributed by atoms with Crippen LogP contribution in [0.5, 0.6) is 17.2 Å². The fourth-order valence-electron chi connectivity index (χ4n) is 4.89. The monoisotopic (exact) mass is 453 g/mol. The van der Waals surface area contributed by atoms with Gasteiger partial charge in [0.05, 0.1) is 11.1 Å². The Balaban J connectivity index is 1.74. The number of anilines is 1. The van der Waals surface area contributed by atoms with Crippen LogP contribution in [-0.2, 0) is 10.3 Å². The van der Waals surface area contributed by atoms with Gasteiger partial charge in [-0.1, -0.05) is 6.07 Å². The molecular weight excluding hydrogens is 434 g/mol. The number of phenols is 1. The number of carboxylic acids is 1. The first-order chi connectivity index (χ1) is 16.3. The van der Waals surface area contributed by atoms with Gasteiger partial charge in [0.15, 0.2) is 5.60 Å². The van der Waals surface area contributed by atoms with Gasteiger partial charge in [-0.05, 0) is 60.0 Å². The van der Waals surface area contributed by atoms with Gasteiger partial charge in [0.1, 0.15) is 17.2 Å². The van der Waals surface area contributed by atoms with Crippen molar-refractivity contribution in [3.63, 3.8) is 0 Å². The Morgan fingerprint density at radius 2 is 1.71 bits per heavy atom. The third kappa shape index (κ3) is 2.58. The fourth-order valence-corrected chi connectivity index (χ4v) is 4.89. The van der Waals surface area contributed by atoms with Crippen molar-refractivity contribution >= 4 is 28.4 Å². The second-order valence-corrected chi connectivity index (χ2v) is 8.66. The standard InChI is InChI=1S/C27H19NO6/c1-28(2)16-5-10-20-23(13-16)33-24-18-8-6-17(29)11-14(18)4-9-21(24)27(20)22-12-15(25(30)31)3-7-19(22)26(32)34-27/h3-13,29H,1-2H3,(H,30,31). The van der Waals surface area contributed by atoms with E-state index in [1.807, 2.05) is 43.3 Å². The summed E-state index contributed by atoms with van der Waals surface area (Å²) in [5.41, 5.74) is 1.53. The first kappa shape index (κ1) is 20.1. The summed E-state index contributed by atoms with van der Waals surface area (Å²) in [6, 6.07) is 18.6. The van der Waals surface area contributed by atoms with E-state index in [0.29, 0.717) is 33.8 Å². The zero-order valence-electron chi connectivity index (χ0n) is 18.3. The molecule has 1 atom stereocenters. The minimum atomic E-state index is -1.38. The van der Waals surface area contributed by atoms with Crippen LogP contribution < -0.4 is 9.64 Å². The van der Waals surface area contributed by atoms with Crippen LogP contribution in [0.25, 0.3) is 10.8 Å². The van der Waals surface area contributed by atoms with Gasteiger partial charge in [0.2, 0.25) is 0 Å². The number of carboxylic acid groups (broad SMARTS) is 1. The number of benzene rings is 4. The maximum Gasteiger partial charge on any atom is 0.340 e. The molecule has 4 aromatic rings. The number of phenolic OH excluding ortho intramolecular Hbond substituents is 1. The molecule has 0 fully saturated rings. The van der Waals surface area contributed by atoms with Crippen molar-refractivity contribution in [1.29, 1.82) is 0 Å². The summed E-state index contributed by atoms with van der Waals surface area (Å²) < 4.78 is 12.6. The van der Waals surface area contributed by atoms with Gasteiger partial charge in [0, 0.05) is 47.9 Å². The molecule has 2 aliphatic heterocycles. The largest absolute Gasteiger partial charge is 0.508 e. The number of carbonyl (C=O) groups excluding carboxylic acids is 1. The SMILES string of the molecule is CN(C)c1ccc2c(c1)Oc1c(ccc3cc(O)ccc13)C21OC(=O)c2ccc(C(=O)O)cc21. The predicted molar refractivity (Wildman–Crippen MR) is 125 cm³/mol. The first-order valence-corrected chi connectivity index (χ1v) is 10.7. The summed E-state index contributed by atoms with van der Waals surface area (Å²) >= 11 is 0. The molecule has 7 nitrogen and oxygen atoms in total. The maximum atomic E-state index is 13.1. The van der Waals surface area contributed by atoms with Crippen LogP contribution in [0.4, 0.5) is 5.69 Å². The van der Waals surface area contributed by atoms with Crippen LogP contribution in [0, 0.1) is 0 Å². The number of nitrogens with zero attached hydrogens (tertiary/aromatic N) is 1. The van der Waals surface area contributed by atoms with Gasteiger partial charge >= 0.3 is 11.9 Å². The van der Waals surface area contributed by atoms with Gasteiger partial charge in [0.25, 0.3) is 0 Å². The Labute approximate surface area is 194 Å².